The quantitative estimate of drug-likeness (QED) is 0.891. The summed E-state index contributed by atoms with van der Waals surface area (Å²) in [7, 11) is 0. The second kappa shape index (κ2) is 6.09. The van der Waals surface area contributed by atoms with E-state index in [0.717, 1.165) is 12.0 Å². The summed E-state index contributed by atoms with van der Waals surface area (Å²) in [5.41, 5.74) is 7.41. The van der Waals surface area contributed by atoms with Crippen molar-refractivity contribution in [3.8, 4) is 17.4 Å². The van der Waals surface area contributed by atoms with E-state index in [4.69, 9.17) is 15.2 Å². The van der Waals surface area contributed by atoms with Crippen molar-refractivity contribution in [3.63, 3.8) is 0 Å². The molecule has 0 saturated heterocycles. The number of aryl methyl sites for hydroxylation is 1. The van der Waals surface area contributed by atoms with Crippen molar-refractivity contribution in [3.05, 3.63) is 42.1 Å². The molecule has 0 fully saturated rings. The Morgan fingerprint density at radius 2 is 1.95 bits per heavy atom. The minimum absolute atomic E-state index is 0.401. The highest BCUT2D eigenvalue weighted by molar-refractivity contribution is 5.52. The zero-order chi connectivity index (χ0) is 13.7. The van der Waals surface area contributed by atoms with Crippen molar-refractivity contribution in [2.75, 3.05) is 12.3 Å². The lowest BCUT2D eigenvalue weighted by Gasteiger charge is -2.12. The van der Waals surface area contributed by atoms with Gasteiger partial charge in [-0.25, -0.2) is 4.98 Å². The van der Waals surface area contributed by atoms with Crippen molar-refractivity contribution in [2.24, 2.45) is 0 Å². The second-order valence-electron chi connectivity index (χ2n) is 4.30. The number of hydrogen-bond donors (Lipinski definition) is 1. The van der Waals surface area contributed by atoms with E-state index >= 15 is 0 Å². The standard InChI is InChI=1S/C15H18N2O2/c1-3-8-18-13-6-4-5-7-14(13)19-15-12(16)9-11(2)10-17-15/h4-7,9-10H,3,8,16H2,1-2H3. The lowest BCUT2D eigenvalue weighted by molar-refractivity contribution is 0.301. The molecule has 1 aromatic heterocycles. The monoisotopic (exact) mass is 258 g/mol. The molecule has 4 heteroatoms. The van der Waals surface area contributed by atoms with Crippen molar-refractivity contribution in [1.29, 1.82) is 0 Å². The number of para-hydroxylation sites is 2. The lowest BCUT2D eigenvalue weighted by atomic mass is 10.3. The van der Waals surface area contributed by atoms with Gasteiger partial charge in [-0.3, -0.25) is 0 Å². The summed E-state index contributed by atoms with van der Waals surface area (Å²) in [6.45, 7) is 4.64. The molecule has 1 heterocycles. The third kappa shape index (κ3) is 3.37. The van der Waals surface area contributed by atoms with Gasteiger partial charge in [0.1, 0.15) is 0 Å². The minimum Gasteiger partial charge on any atom is -0.490 e. The van der Waals surface area contributed by atoms with Gasteiger partial charge >= 0.3 is 0 Å². The molecule has 2 rings (SSSR count). The smallest absolute Gasteiger partial charge is 0.242 e. The van der Waals surface area contributed by atoms with Crippen molar-refractivity contribution >= 4 is 5.69 Å². The molecule has 0 aliphatic rings. The number of ether oxygens (including phenoxy) is 2. The van der Waals surface area contributed by atoms with E-state index in [2.05, 4.69) is 11.9 Å². The molecule has 0 spiro atoms. The Bertz CT molecular complexity index is 556. The third-order valence-corrected chi connectivity index (χ3v) is 2.53. The highest BCUT2D eigenvalue weighted by Crippen LogP contribution is 2.32. The molecular formula is C15H18N2O2. The number of benzene rings is 1. The fourth-order valence-corrected chi connectivity index (χ4v) is 1.63. The molecule has 100 valence electrons. The van der Waals surface area contributed by atoms with Crippen LogP contribution < -0.4 is 15.2 Å². The Morgan fingerprint density at radius 1 is 1.21 bits per heavy atom. The molecule has 19 heavy (non-hydrogen) atoms. The van der Waals surface area contributed by atoms with Crippen LogP contribution in [0, 0.1) is 6.92 Å². The molecular weight excluding hydrogens is 240 g/mol. The summed E-state index contributed by atoms with van der Waals surface area (Å²) in [6, 6.07) is 9.33. The topological polar surface area (TPSA) is 57.4 Å². The van der Waals surface area contributed by atoms with Gasteiger partial charge in [0, 0.05) is 6.20 Å². The first-order valence-corrected chi connectivity index (χ1v) is 6.32. The first kappa shape index (κ1) is 13.2. The normalized spacial score (nSPS) is 10.2. The Labute approximate surface area is 113 Å². The van der Waals surface area contributed by atoms with Gasteiger partial charge in [-0.2, -0.15) is 0 Å². The van der Waals surface area contributed by atoms with Crippen molar-refractivity contribution in [2.45, 2.75) is 20.3 Å². The summed E-state index contributed by atoms with van der Waals surface area (Å²) >= 11 is 0. The molecule has 0 radical (unpaired) electrons. The number of anilines is 1. The summed E-state index contributed by atoms with van der Waals surface area (Å²) in [6.07, 6.45) is 2.67. The SMILES string of the molecule is CCCOc1ccccc1Oc1ncc(C)cc1N. The molecule has 0 unspecified atom stereocenters. The summed E-state index contributed by atoms with van der Waals surface area (Å²) < 4.78 is 11.4. The predicted molar refractivity (Wildman–Crippen MR) is 75.7 cm³/mol. The molecule has 0 saturated carbocycles. The molecule has 4 nitrogen and oxygen atoms in total. The van der Waals surface area contributed by atoms with E-state index in [1.165, 1.54) is 0 Å². The van der Waals surface area contributed by atoms with Gasteiger partial charge in [-0.05, 0) is 37.1 Å². The molecule has 1 aromatic carbocycles. The highest BCUT2D eigenvalue weighted by atomic mass is 16.5. The molecule has 0 aliphatic carbocycles. The van der Waals surface area contributed by atoms with E-state index in [1.807, 2.05) is 37.3 Å². The number of nitrogens with two attached hydrogens (primary N) is 1. The van der Waals surface area contributed by atoms with Gasteiger partial charge in [0.25, 0.3) is 0 Å². The van der Waals surface area contributed by atoms with Crippen LogP contribution in [-0.2, 0) is 0 Å². The van der Waals surface area contributed by atoms with Crippen molar-refractivity contribution in [1.82, 2.24) is 4.98 Å². The van der Waals surface area contributed by atoms with E-state index < -0.39 is 0 Å². The van der Waals surface area contributed by atoms with E-state index in [-0.39, 0.29) is 0 Å². The fraction of sp³-hybridized carbons (Fsp3) is 0.267. The Kier molecular flexibility index (Phi) is 4.23. The summed E-state index contributed by atoms with van der Waals surface area (Å²) in [5.74, 6) is 1.73. The van der Waals surface area contributed by atoms with Crippen LogP contribution in [0.15, 0.2) is 36.5 Å². The Morgan fingerprint density at radius 3 is 2.63 bits per heavy atom. The molecule has 0 aliphatic heterocycles. The van der Waals surface area contributed by atoms with Crippen LogP contribution in [0.1, 0.15) is 18.9 Å². The molecule has 0 bridgehead atoms. The third-order valence-electron chi connectivity index (χ3n) is 2.53. The van der Waals surface area contributed by atoms with Crippen LogP contribution >= 0.6 is 0 Å². The highest BCUT2D eigenvalue weighted by Gasteiger charge is 2.08. The van der Waals surface area contributed by atoms with E-state index in [0.29, 0.717) is 29.7 Å². The van der Waals surface area contributed by atoms with Gasteiger partial charge in [-0.1, -0.05) is 19.1 Å². The summed E-state index contributed by atoms with van der Waals surface area (Å²) in [5, 5.41) is 0. The van der Waals surface area contributed by atoms with Crippen LogP contribution in [0.4, 0.5) is 5.69 Å². The number of aromatic nitrogens is 1. The van der Waals surface area contributed by atoms with Gasteiger partial charge in [0.15, 0.2) is 11.5 Å². The maximum absolute atomic E-state index is 5.89. The maximum atomic E-state index is 5.89. The molecule has 2 N–H and O–H groups in total. The van der Waals surface area contributed by atoms with E-state index in [1.54, 1.807) is 6.20 Å². The largest absolute Gasteiger partial charge is 0.490 e. The number of hydrogen-bond acceptors (Lipinski definition) is 4. The fourth-order valence-electron chi connectivity index (χ4n) is 1.63. The molecule has 2 aromatic rings. The number of pyridine rings is 1. The number of rotatable bonds is 5. The van der Waals surface area contributed by atoms with Crippen LogP contribution in [0.5, 0.6) is 17.4 Å². The van der Waals surface area contributed by atoms with Crippen LogP contribution in [0.2, 0.25) is 0 Å². The van der Waals surface area contributed by atoms with Gasteiger partial charge in [-0.15, -0.1) is 0 Å². The average molecular weight is 258 g/mol. The number of nitrogen functional groups attached to an aromatic ring is 1. The van der Waals surface area contributed by atoms with E-state index in [9.17, 15) is 0 Å². The molecule has 0 amide bonds. The lowest BCUT2D eigenvalue weighted by Crippen LogP contribution is -1.99. The van der Waals surface area contributed by atoms with Crippen LogP contribution in [0.3, 0.4) is 0 Å². The Hall–Kier alpha value is -2.23. The predicted octanol–water partition coefficient (Wildman–Crippen LogP) is 3.55. The zero-order valence-electron chi connectivity index (χ0n) is 11.2. The second-order valence-corrected chi connectivity index (χ2v) is 4.30. The first-order valence-electron chi connectivity index (χ1n) is 6.32. The zero-order valence-corrected chi connectivity index (χ0v) is 11.2. The average Bonchev–Trinajstić information content (AvgIpc) is 2.41. The van der Waals surface area contributed by atoms with Gasteiger partial charge in [0.05, 0.1) is 12.3 Å². The minimum atomic E-state index is 0.401. The van der Waals surface area contributed by atoms with Crippen molar-refractivity contribution < 1.29 is 9.47 Å². The number of nitrogens with zero attached hydrogens (tertiary/aromatic N) is 1. The Balaban J connectivity index is 2.22. The van der Waals surface area contributed by atoms with Gasteiger partial charge in [0.2, 0.25) is 5.88 Å². The summed E-state index contributed by atoms with van der Waals surface area (Å²) in [4.78, 5) is 4.19. The maximum Gasteiger partial charge on any atom is 0.242 e. The van der Waals surface area contributed by atoms with Crippen LogP contribution in [-0.4, -0.2) is 11.6 Å². The molecule has 0 atom stereocenters. The van der Waals surface area contributed by atoms with Crippen LogP contribution in [0.25, 0.3) is 0 Å². The first-order chi connectivity index (χ1) is 9.20. The van der Waals surface area contributed by atoms with Gasteiger partial charge < -0.3 is 15.2 Å².